The highest BCUT2D eigenvalue weighted by Crippen LogP contribution is 2.13. The molecule has 3 heterocycles. The van der Waals surface area contributed by atoms with Crippen molar-refractivity contribution in [1.29, 1.82) is 0 Å². The molecule has 0 saturated heterocycles. The lowest BCUT2D eigenvalue weighted by Gasteiger charge is -2.09. The molecule has 0 saturated carbocycles. The smallest absolute Gasteiger partial charge is 0.251 e. The Bertz CT molecular complexity index is 1110. The Hall–Kier alpha value is -4.20. The summed E-state index contributed by atoms with van der Waals surface area (Å²) in [5.74, 6) is 1.84. The van der Waals surface area contributed by atoms with Gasteiger partial charge in [0.25, 0.3) is 5.91 Å². The van der Waals surface area contributed by atoms with Crippen molar-refractivity contribution < 1.29 is 4.79 Å². The fraction of sp³-hybridized carbons (Fsp3) is 0.130. The number of aryl methyl sites for hydroxylation is 1. The molecule has 0 fully saturated rings. The van der Waals surface area contributed by atoms with E-state index in [0.29, 0.717) is 36.1 Å². The summed E-state index contributed by atoms with van der Waals surface area (Å²) in [7, 11) is 0. The SMILES string of the molecule is Cc1ccc(Nc2ccc(NCCNC(=O)c3ccc(-n4cccc4)cc3)nn2)nc1. The summed E-state index contributed by atoms with van der Waals surface area (Å²) in [6.07, 6.45) is 5.72. The topological polar surface area (TPSA) is 96.8 Å². The Kier molecular flexibility index (Phi) is 6.18. The van der Waals surface area contributed by atoms with Gasteiger partial charge in [0.15, 0.2) is 5.82 Å². The van der Waals surface area contributed by atoms with Gasteiger partial charge >= 0.3 is 0 Å². The third-order valence-electron chi connectivity index (χ3n) is 4.58. The maximum absolute atomic E-state index is 12.3. The fourth-order valence-corrected chi connectivity index (χ4v) is 2.93. The van der Waals surface area contributed by atoms with E-state index in [9.17, 15) is 4.79 Å². The lowest BCUT2D eigenvalue weighted by atomic mass is 10.2. The highest BCUT2D eigenvalue weighted by atomic mass is 16.1. The Morgan fingerprint density at radius 3 is 2.26 bits per heavy atom. The van der Waals surface area contributed by atoms with Gasteiger partial charge in [-0.15, -0.1) is 10.2 Å². The second-order valence-corrected chi connectivity index (χ2v) is 6.97. The van der Waals surface area contributed by atoms with Gasteiger partial charge in [-0.05, 0) is 67.1 Å². The molecular formula is C23H23N7O. The minimum atomic E-state index is -0.114. The van der Waals surface area contributed by atoms with Gasteiger partial charge in [0, 0.05) is 42.9 Å². The Balaban J connectivity index is 1.21. The molecule has 8 nitrogen and oxygen atoms in total. The molecule has 0 bridgehead atoms. The predicted molar refractivity (Wildman–Crippen MR) is 121 cm³/mol. The summed E-state index contributed by atoms with van der Waals surface area (Å²) in [6, 6.07) is 18.9. The van der Waals surface area contributed by atoms with Crippen LogP contribution in [0.2, 0.25) is 0 Å². The molecule has 0 aliphatic heterocycles. The average molecular weight is 413 g/mol. The van der Waals surface area contributed by atoms with Crippen molar-refractivity contribution >= 4 is 23.4 Å². The number of anilines is 3. The van der Waals surface area contributed by atoms with Crippen molar-refractivity contribution in [3.63, 3.8) is 0 Å². The van der Waals surface area contributed by atoms with Crippen molar-refractivity contribution in [2.24, 2.45) is 0 Å². The molecule has 1 aromatic carbocycles. The molecule has 3 N–H and O–H groups in total. The molecule has 0 atom stereocenters. The number of amides is 1. The third kappa shape index (κ3) is 5.45. The molecule has 0 radical (unpaired) electrons. The van der Waals surface area contributed by atoms with Gasteiger partial charge in [0.05, 0.1) is 0 Å². The van der Waals surface area contributed by atoms with Gasteiger partial charge < -0.3 is 20.5 Å². The number of rotatable bonds is 8. The molecule has 8 heteroatoms. The molecule has 0 spiro atoms. The van der Waals surface area contributed by atoms with Crippen LogP contribution in [0.4, 0.5) is 17.5 Å². The van der Waals surface area contributed by atoms with Crippen molar-refractivity contribution in [3.05, 3.63) is 90.4 Å². The Morgan fingerprint density at radius 1 is 0.871 bits per heavy atom. The fourth-order valence-electron chi connectivity index (χ4n) is 2.93. The van der Waals surface area contributed by atoms with Gasteiger partial charge in [-0.3, -0.25) is 4.79 Å². The molecule has 31 heavy (non-hydrogen) atoms. The highest BCUT2D eigenvalue weighted by Gasteiger charge is 2.05. The van der Waals surface area contributed by atoms with Crippen LogP contribution in [0.15, 0.2) is 79.3 Å². The number of nitrogens with one attached hydrogen (secondary N) is 3. The van der Waals surface area contributed by atoms with Crippen molar-refractivity contribution in [2.75, 3.05) is 23.7 Å². The van der Waals surface area contributed by atoms with Crippen LogP contribution in [0.5, 0.6) is 0 Å². The number of hydrogen-bond acceptors (Lipinski definition) is 6. The Labute approximate surface area is 180 Å². The number of aromatic nitrogens is 4. The highest BCUT2D eigenvalue weighted by molar-refractivity contribution is 5.94. The third-order valence-corrected chi connectivity index (χ3v) is 4.58. The monoisotopic (exact) mass is 413 g/mol. The summed E-state index contributed by atoms with van der Waals surface area (Å²) < 4.78 is 1.99. The summed E-state index contributed by atoms with van der Waals surface area (Å²) in [4.78, 5) is 16.6. The van der Waals surface area contributed by atoms with E-state index in [4.69, 9.17) is 0 Å². The lowest BCUT2D eigenvalue weighted by molar-refractivity contribution is 0.0955. The molecule has 0 aliphatic carbocycles. The number of pyridine rings is 1. The van der Waals surface area contributed by atoms with Crippen molar-refractivity contribution in [2.45, 2.75) is 6.92 Å². The summed E-state index contributed by atoms with van der Waals surface area (Å²) in [5.41, 5.74) is 2.73. The summed E-state index contributed by atoms with van der Waals surface area (Å²) >= 11 is 0. The zero-order valence-electron chi connectivity index (χ0n) is 17.1. The van der Waals surface area contributed by atoms with E-state index in [2.05, 4.69) is 31.1 Å². The van der Waals surface area contributed by atoms with Crippen LogP contribution in [0.3, 0.4) is 0 Å². The average Bonchev–Trinajstić information content (AvgIpc) is 3.34. The predicted octanol–water partition coefficient (Wildman–Crippen LogP) is 3.56. The molecule has 3 aromatic heterocycles. The largest absolute Gasteiger partial charge is 0.367 e. The first-order valence-electron chi connectivity index (χ1n) is 9.96. The van der Waals surface area contributed by atoms with E-state index >= 15 is 0 Å². The van der Waals surface area contributed by atoms with Gasteiger partial charge in [0.1, 0.15) is 11.6 Å². The van der Waals surface area contributed by atoms with Crippen LogP contribution in [0, 0.1) is 6.92 Å². The first kappa shape index (κ1) is 20.1. The number of benzene rings is 1. The zero-order valence-corrected chi connectivity index (χ0v) is 17.1. The van der Waals surface area contributed by atoms with E-state index in [1.807, 2.05) is 84.5 Å². The Morgan fingerprint density at radius 2 is 1.58 bits per heavy atom. The van der Waals surface area contributed by atoms with Gasteiger partial charge in [-0.1, -0.05) is 6.07 Å². The van der Waals surface area contributed by atoms with Crippen LogP contribution in [0.25, 0.3) is 5.69 Å². The zero-order chi connectivity index (χ0) is 21.5. The maximum Gasteiger partial charge on any atom is 0.251 e. The minimum absolute atomic E-state index is 0.114. The van der Waals surface area contributed by atoms with E-state index in [0.717, 1.165) is 11.3 Å². The number of nitrogens with zero attached hydrogens (tertiary/aromatic N) is 4. The lowest BCUT2D eigenvalue weighted by Crippen LogP contribution is -2.28. The van der Waals surface area contributed by atoms with Crippen LogP contribution in [0.1, 0.15) is 15.9 Å². The van der Waals surface area contributed by atoms with Crippen LogP contribution in [-0.4, -0.2) is 38.7 Å². The number of carbonyl (C=O) groups is 1. The second kappa shape index (κ2) is 9.53. The minimum Gasteiger partial charge on any atom is -0.367 e. The first-order valence-corrected chi connectivity index (χ1v) is 9.96. The summed E-state index contributed by atoms with van der Waals surface area (Å²) in [6.45, 7) is 2.99. The van der Waals surface area contributed by atoms with E-state index < -0.39 is 0 Å². The second-order valence-electron chi connectivity index (χ2n) is 6.97. The van der Waals surface area contributed by atoms with Crippen LogP contribution < -0.4 is 16.0 Å². The van der Waals surface area contributed by atoms with Crippen LogP contribution >= 0.6 is 0 Å². The van der Waals surface area contributed by atoms with E-state index in [1.54, 1.807) is 6.20 Å². The quantitative estimate of drug-likeness (QED) is 0.382. The van der Waals surface area contributed by atoms with E-state index in [1.165, 1.54) is 0 Å². The molecule has 0 unspecified atom stereocenters. The first-order chi connectivity index (χ1) is 15.2. The molecular weight excluding hydrogens is 390 g/mol. The van der Waals surface area contributed by atoms with E-state index in [-0.39, 0.29) is 5.91 Å². The number of hydrogen-bond donors (Lipinski definition) is 3. The summed E-state index contributed by atoms with van der Waals surface area (Å²) in [5, 5.41) is 17.4. The molecule has 1 amide bonds. The van der Waals surface area contributed by atoms with Crippen molar-refractivity contribution in [3.8, 4) is 5.69 Å². The van der Waals surface area contributed by atoms with Gasteiger partial charge in [0.2, 0.25) is 0 Å². The maximum atomic E-state index is 12.3. The standard InChI is InChI=1S/C23H23N7O/c1-17-4-9-20(26-16-17)27-22-11-10-21(28-29-22)24-12-13-25-23(31)18-5-7-19(8-6-18)30-14-2-3-15-30/h2-11,14-16H,12-13H2,1H3,(H,24,28)(H,25,31)(H,26,27,29). The normalized spacial score (nSPS) is 10.5. The van der Waals surface area contributed by atoms with Gasteiger partial charge in [-0.25, -0.2) is 4.98 Å². The van der Waals surface area contributed by atoms with Crippen LogP contribution in [-0.2, 0) is 0 Å². The molecule has 4 rings (SSSR count). The molecule has 156 valence electrons. The number of carbonyl (C=O) groups excluding carboxylic acids is 1. The molecule has 4 aromatic rings. The molecule has 0 aliphatic rings. The van der Waals surface area contributed by atoms with Crippen molar-refractivity contribution in [1.82, 2.24) is 25.1 Å². The van der Waals surface area contributed by atoms with Gasteiger partial charge in [-0.2, -0.15) is 0 Å².